The second-order valence-corrected chi connectivity index (χ2v) is 5.63. The molecule has 4 nitrogen and oxygen atoms in total. The highest BCUT2D eigenvalue weighted by Gasteiger charge is 2.12. The molecule has 112 valence electrons. The van der Waals surface area contributed by atoms with Gasteiger partial charge in [0.05, 0.1) is 12.1 Å². The van der Waals surface area contributed by atoms with E-state index in [1.54, 1.807) is 0 Å². The maximum Gasteiger partial charge on any atom is 0.226 e. The maximum absolute atomic E-state index is 6.21. The fraction of sp³-hybridized carbons (Fsp3) is 0.375. The summed E-state index contributed by atoms with van der Waals surface area (Å²) in [6, 6.07) is 9.57. The van der Waals surface area contributed by atoms with Gasteiger partial charge in [-0.2, -0.15) is 4.98 Å². The van der Waals surface area contributed by atoms with E-state index in [4.69, 9.17) is 16.3 Å². The molecule has 0 aliphatic rings. The Morgan fingerprint density at radius 3 is 2.52 bits per heavy atom. The predicted octanol–water partition coefficient (Wildman–Crippen LogP) is 4.40. The normalized spacial score (nSPS) is 12.3. The number of nitrogens with one attached hydrogen (secondary N) is 1. The maximum atomic E-state index is 6.21. The summed E-state index contributed by atoms with van der Waals surface area (Å²) in [5, 5.41) is 3.99. The number of aromatic nitrogens is 2. The van der Waals surface area contributed by atoms with Crippen LogP contribution in [0, 0.1) is 6.92 Å². The molecular weight excluding hydrogens is 286 g/mol. The molecule has 0 spiro atoms. The van der Waals surface area contributed by atoms with E-state index in [2.05, 4.69) is 15.3 Å². The highest BCUT2D eigenvalue weighted by molar-refractivity contribution is 6.31. The topological polar surface area (TPSA) is 47.0 Å². The van der Waals surface area contributed by atoms with Crippen LogP contribution in [0.25, 0.3) is 0 Å². The minimum absolute atomic E-state index is 0.00685. The Balaban J connectivity index is 2.19. The quantitative estimate of drug-likeness (QED) is 0.889. The molecule has 5 heteroatoms. The molecule has 0 bridgehead atoms. The molecule has 0 fully saturated rings. The molecule has 1 aromatic heterocycles. The summed E-state index contributed by atoms with van der Waals surface area (Å²) >= 11 is 6.21. The summed E-state index contributed by atoms with van der Waals surface area (Å²) in [5.41, 5.74) is 1.87. The SMILES string of the molecule is Cc1cc(OC(C)C)nc(NC(C)c2ccccc2Cl)n1. The summed E-state index contributed by atoms with van der Waals surface area (Å²) in [7, 11) is 0. The van der Waals surface area contributed by atoms with Crippen LogP contribution in [0.15, 0.2) is 30.3 Å². The van der Waals surface area contributed by atoms with Gasteiger partial charge < -0.3 is 10.1 Å². The lowest BCUT2D eigenvalue weighted by molar-refractivity contribution is 0.232. The van der Waals surface area contributed by atoms with E-state index < -0.39 is 0 Å². The number of aryl methyl sites for hydroxylation is 1. The van der Waals surface area contributed by atoms with Crippen LogP contribution >= 0.6 is 11.6 Å². The standard InChI is InChI=1S/C16H20ClN3O/c1-10(2)21-15-9-11(3)18-16(20-15)19-12(4)13-7-5-6-8-14(13)17/h5-10,12H,1-4H3,(H,18,19,20). The fourth-order valence-electron chi connectivity index (χ4n) is 2.00. The lowest BCUT2D eigenvalue weighted by atomic mass is 10.1. The van der Waals surface area contributed by atoms with Gasteiger partial charge in [0.25, 0.3) is 0 Å². The number of anilines is 1. The van der Waals surface area contributed by atoms with Gasteiger partial charge in [0.15, 0.2) is 0 Å². The smallest absolute Gasteiger partial charge is 0.226 e. The van der Waals surface area contributed by atoms with Gasteiger partial charge in [-0.15, -0.1) is 0 Å². The lowest BCUT2D eigenvalue weighted by Crippen LogP contribution is -2.13. The molecule has 1 heterocycles. The number of ether oxygens (including phenoxy) is 1. The highest BCUT2D eigenvalue weighted by Crippen LogP contribution is 2.25. The molecule has 21 heavy (non-hydrogen) atoms. The summed E-state index contributed by atoms with van der Waals surface area (Å²) in [6.07, 6.45) is 0.0770. The van der Waals surface area contributed by atoms with Gasteiger partial charge in [0, 0.05) is 16.8 Å². The number of benzene rings is 1. The van der Waals surface area contributed by atoms with Crippen molar-refractivity contribution in [3.63, 3.8) is 0 Å². The molecule has 1 N–H and O–H groups in total. The van der Waals surface area contributed by atoms with Gasteiger partial charge in [-0.1, -0.05) is 29.8 Å². The van der Waals surface area contributed by atoms with E-state index in [0.29, 0.717) is 11.8 Å². The Labute approximate surface area is 130 Å². The van der Waals surface area contributed by atoms with Gasteiger partial charge in [-0.25, -0.2) is 4.98 Å². The van der Waals surface area contributed by atoms with Gasteiger partial charge in [0.2, 0.25) is 11.8 Å². The van der Waals surface area contributed by atoms with E-state index in [-0.39, 0.29) is 12.1 Å². The van der Waals surface area contributed by atoms with Crippen molar-refractivity contribution in [2.75, 3.05) is 5.32 Å². The fourth-order valence-corrected chi connectivity index (χ4v) is 2.30. The average molecular weight is 306 g/mol. The Morgan fingerprint density at radius 1 is 1.14 bits per heavy atom. The first kappa shape index (κ1) is 15.6. The third kappa shape index (κ3) is 4.33. The molecule has 0 amide bonds. The number of hydrogen-bond acceptors (Lipinski definition) is 4. The zero-order valence-corrected chi connectivity index (χ0v) is 13.5. The Morgan fingerprint density at radius 2 is 1.86 bits per heavy atom. The van der Waals surface area contributed by atoms with E-state index in [9.17, 15) is 0 Å². The second kappa shape index (κ2) is 6.76. The summed E-state index contributed by atoms with van der Waals surface area (Å²) in [4.78, 5) is 8.77. The average Bonchev–Trinajstić information content (AvgIpc) is 2.37. The number of rotatable bonds is 5. The molecule has 0 aliphatic carbocycles. The zero-order chi connectivity index (χ0) is 15.4. The molecule has 2 rings (SSSR count). The third-order valence-electron chi connectivity index (χ3n) is 2.90. The first-order valence-electron chi connectivity index (χ1n) is 6.99. The number of halogens is 1. The van der Waals surface area contributed by atoms with Crippen molar-refractivity contribution in [3.8, 4) is 5.88 Å². The van der Waals surface area contributed by atoms with Crippen molar-refractivity contribution in [2.24, 2.45) is 0 Å². The molecule has 0 aliphatic heterocycles. The van der Waals surface area contributed by atoms with Crippen molar-refractivity contribution in [2.45, 2.75) is 39.8 Å². The molecule has 1 atom stereocenters. The van der Waals surface area contributed by atoms with Crippen molar-refractivity contribution < 1.29 is 4.74 Å². The van der Waals surface area contributed by atoms with Gasteiger partial charge >= 0.3 is 0 Å². The highest BCUT2D eigenvalue weighted by atomic mass is 35.5. The number of nitrogens with zero attached hydrogens (tertiary/aromatic N) is 2. The van der Waals surface area contributed by atoms with Crippen LogP contribution in [-0.4, -0.2) is 16.1 Å². The van der Waals surface area contributed by atoms with Gasteiger partial charge in [0.1, 0.15) is 0 Å². The third-order valence-corrected chi connectivity index (χ3v) is 3.25. The molecule has 0 radical (unpaired) electrons. The van der Waals surface area contributed by atoms with Crippen molar-refractivity contribution >= 4 is 17.5 Å². The van der Waals surface area contributed by atoms with Crippen LogP contribution in [0.2, 0.25) is 5.02 Å². The van der Waals surface area contributed by atoms with E-state index in [0.717, 1.165) is 16.3 Å². The van der Waals surface area contributed by atoms with E-state index in [1.165, 1.54) is 0 Å². The minimum Gasteiger partial charge on any atom is -0.475 e. The van der Waals surface area contributed by atoms with Crippen LogP contribution in [0.4, 0.5) is 5.95 Å². The predicted molar refractivity (Wildman–Crippen MR) is 86.0 cm³/mol. The molecular formula is C16H20ClN3O. The summed E-state index contributed by atoms with van der Waals surface area (Å²) in [5.74, 6) is 1.12. The van der Waals surface area contributed by atoms with Crippen molar-refractivity contribution in [3.05, 3.63) is 46.6 Å². The van der Waals surface area contributed by atoms with Crippen molar-refractivity contribution in [1.82, 2.24) is 9.97 Å². The van der Waals surface area contributed by atoms with E-state index >= 15 is 0 Å². The summed E-state index contributed by atoms with van der Waals surface area (Å²) in [6.45, 7) is 7.88. The molecule has 2 aromatic rings. The summed E-state index contributed by atoms with van der Waals surface area (Å²) < 4.78 is 5.63. The number of hydrogen-bond donors (Lipinski definition) is 1. The van der Waals surface area contributed by atoms with Crippen LogP contribution in [0.3, 0.4) is 0 Å². The molecule has 0 saturated carbocycles. The van der Waals surface area contributed by atoms with Crippen LogP contribution in [0.5, 0.6) is 5.88 Å². The van der Waals surface area contributed by atoms with Crippen molar-refractivity contribution in [1.29, 1.82) is 0 Å². The van der Waals surface area contributed by atoms with Crippen LogP contribution in [-0.2, 0) is 0 Å². The largest absolute Gasteiger partial charge is 0.475 e. The van der Waals surface area contributed by atoms with Crippen LogP contribution in [0.1, 0.15) is 38.1 Å². The molecule has 0 saturated heterocycles. The second-order valence-electron chi connectivity index (χ2n) is 5.23. The Bertz CT molecular complexity index is 616. The first-order valence-corrected chi connectivity index (χ1v) is 7.37. The lowest BCUT2D eigenvalue weighted by Gasteiger charge is -2.17. The Kier molecular flexibility index (Phi) is 5.02. The van der Waals surface area contributed by atoms with Crippen LogP contribution < -0.4 is 10.1 Å². The monoisotopic (exact) mass is 305 g/mol. The molecule has 1 unspecified atom stereocenters. The van der Waals surface area contributed by atoms with E-state index in [1.807, 2.05) is 58.0 Å². The van der Waals surface area contributed by atoms with Gasteiger partial charge in [-0.3, -0.25) is 0 Å². The minimum atomic E-state index is 0.00685. The van der Waals surface area contributed by atoms with Gasteiger partial charge in [-0.05, 0) is 39.3 Å². The zero-order valence-electron chi connectivity index (χ0n) is 12.7. The first-order chi connectivity index (χ1) is 9.95. The Hall–Kier alpha value is -1.81. The molecule has 1 aromatic carbocycles.